The zero-order chi connectivity index (χ0) is 14.4. The van der Waals surface area contributed by atoms with Crippen LogP contribution in [0.3, 0.4) is 0 Å². The third-order valence-corrected chi connectivity index (χ3v) is 5.15. The summed E-state index contributed by atoms with van der Waals surface area (Å²) in [5, 5.41) is 0. The van der Waals surface area contributed by atoms with Gasteiger partial charge in [0.2, 0.25) is 0 Å². The molecule has 116 valence electrons. The van der Waals surface area contributed by atoms with Crippen molar-refractivity contribution in [3.05, 3.63) is 0 Å². The number of nitrogens with zero attached hydrogens (tertiary/aromatic N) is 1. The SMILES string of the molecule is CCOC(=O)CC(C)(CC1CCC1)N1CCCCCC1. The van der Waals surface area contributed by atoms with Crippen molar-refractivity contribution in [2.45, 2.75) is 77.2 Å². The summed E-state index contributed by atoms with van der Waals surface area (Å²) in [4.78, 5) is 14.6. The lowest BCUT2D eigenvalue weighted by atomic mass is 9.74. The lowest BCUT2D eigenvalue weighted by Gasteiger charge is -2.44. The molecule has 0 N–H and O–H groups in total. The third-order valence-electron chi connectivity index (χ3n) is 5.15. The van der Waals surface area contributed by atoms with Crippen LogP contribution in [-0.4, -0.2) is 36.1 Å². The highest BCUT2D eigenvalue weighted by Gasteiger charge is 2.38. The molecule has 1 aliphatic heterocycles. The number of hydrogen-bond donors (Lipinski definition) is 0. The maximum absolute atomic E-state index is 12.0. The quantitative estimate of drug-likeness (QED) is 0.694. The minimum absolute atomic E-state index is 0.0152. The van der Waals surface area contributed by atoms with E-state index in [0.717, 1.165) is 19.0 Å². The summed E-state index contributed by atoms with van der Waals surface area (Å²) in [6.07, 6.45) is 11.1. The van der Waals surface area contributed by atoms with Gasteiger partial charge >= 0.3 is 5.97 Å². The summed E-state index contributed by atoms with van der Waals surface area (Å²) in [6, 6.07) is 0. The second-order valence-electron chi connectivity index (χ2n) is 6.88. The van der Waals surface area contributed by atoms with Gasteiger partial charge in [0, 0.05) is 5.54 Å². The number of carbonyl (C=O) groups excluding carboxylic acids is 1. The molecule has 1 atom stereocenters. The smallest absolute Gasteiger partial charge is 0.307 e. The predicted molar refractivity (Wildman–Crippen MR) is 81.7 cm³/mol. The zero-order valence-corrected chi connectivity index (χ0v) is 13.3. The minimum Gasteiger partial charge on any atom is -0.466 e. The average molecular weight is 281 g/mol. The lowest BCUT2D eigenvalue weighted by Crippen LogP contribution is -2.50. The van der Waals surface area contributed by atoms with E-state index in [1.54, 1.807) is 0 Å². The Labute approximate surface area is 124 Å². The maximum atomic E-state index is 12.0. The molecular weight excluding hydrogens is 250 g/mol. The standard InChI is InChI=1S/C17H31NO2/c1-3-20-16(19)14-17(2,13-15-9-8-10-15)18-11-6-4-5-7-12-18/h15H,3-14H2,1-2H3. The van der Waals surface area contributed by atoms with E-state index in [1.807, 2.05) is 6.92 Å². The Hall–Kier alpha value is -0.570. The van der Waals surface area contributed by atoms with Crippen molar-refractivity contribution >= 4 is 5.97 Å². The summed E-state index contributed by atoms with van der Waals surface area (Å²) in [6.45, 7) is 7.00. The first-order chi connectivity index (χ1) is 9.64. The Morgan fingerprint density at radius 1 is 1.15 bits per heavy atom. The molecule has 3 heteroatoms. The molecule has 3 nitrogen and oxygen atoms in total. The van der Waals surface area contributed by atoms with E-state index in [-0.39, 0.29) is 11.5 Å². The van der Waals surface area contributed by atoms with E-state index < -0.39 is 0 Å². The molecule has 1 unspecified atom stereocenters. The van der Waals surface area contributed by atoms with Gasteiger partial charge in [-0.25, -0.2) is 0 Å². The normalized spacial score (nSPS) is 24.5. The summed E-state index contributed by atoms with van der Waals surface area (Å²) < 4.78 is 5.23. The van der Waals surface area contributed by atoms with Crippen LogP contribution in [0, 0.1) is 5.92 Å². The van der Waals surface area contributed by atoms with Crippen molar-refractivity contribution in [1.29, 1.82) is 0 Å². The van der Waals surface area contributed by atoms with Gasteiger partial charge in [-0.05, 0) is 52.1 Å². The topological polar surface area (TPSA) is 29.5 Å². The van der Waals surface area contributed by atoms with Gasteiger partial charge in [-0.3, -0.25) is 9.69 Å². The van der Waals surface area contributed by atoms with Crippen LogP contribution in [0.1, 0.15) is 71.6 Å². The maximum Gasteiger partial charge on any atom is 0.307 e. The molecule has 1 saturated carbocycles. The molecule has 0 radical (unpaired) electrons. The van der Waals surface area contributed by atoms with E-state index in [2.05, 4.69) is 11.8 Å². The van der Waals surface area contributed by atoms with Gasteiger partial charge in [-0.2, -0.15) is 0 Å². The second-order valence-corrected chi connectivity index (χ2v) is 6.88. The molecule has 1 aliphatic carbocycles. The van der Waals surface area contributed by atoms with Crippen molar-refractivity contribution in [1.82, 2.24) is 4.90 Å². The molecule has 2 rings (SSSR count). The molecular formula is C17H31NO2. The molecule has 0 amide bonds. The molecule has 2 aliphatic rings. The first-order valence-corrected chi connectivity index (χ1v) is 8.55. The zero-order valence-electron chi connectivity index (χ0n) is 13.3. The first kappa shape index (κ1) is 15.8. The molecule has 1 saturated heterocycles. The van der Waals surface area contributed by atoms with Crippen LogP contribution >= 0.6 is 0 Å². The highest BCUT2D eigenvalue weighted by atomic mass is 16.5. The van der Waals surface area contributed by atoms with E-state index in [4.69, 9.17) is 4.74 Å². The summed E-state index contributed by atoms with van der Waals surface area (Å²) in [7, 11) is 0. The van der Waals surface area contributed by atoms with Gasteiger partial charge in [0.25, 0.3) is 0 Å². The second kappa shape index (κ2) is 7.44. The first-order valence-electron chi connectivity index (χ1n) is 8.55. The fourth-order valence-electron chi connectivity index (χ4n) is 3.77. The molecule has 0 aromatic heterocycles. The van der Waals surface area contributed by atoms with Crippen LogP contribution in [0.4, 0.5) is 0 Å². The summed E-state index contributed by atoms with van der Waals surface area (Å²) in [5.74, 6) is 0.816. The van der Waals surface area contributed by atoms with Crippen LogP contribution in [-0.2, 0) is 9.53 Å². The molecule has 0 aromatic rings. The summed E-state index contributed by atoms with van der Waals surface area (Å²) in [5.41, 5.74) is 0.0156. The average Bonchev–Trinajstić information content (AvgIpc) is 2.63. The number of likely N-dealkylation sites (tertiary alicyclic amines) is 1. The van der Waals surface area contributed by atoms with E-state index in [1.165, 1.54) is 51.4 Å². The minimum atomic E-state index is -0.0152. The van der Waals surface area contributed by atoms with Gasteiger partial charge in [0.1, 0.15) is 0 Å². The molecule has 0 bridgehead atoms. The number of esters is 1. The van der Waals surface area contributed by atoms with E-state index >= 15 is 0 Å². The molecule has 20 heavy (non-hydrogen) atoms. The van der Waals surface area contributed by atoms with Crippen LogP contribution in [0.25, 0.3) is 0 Å². The van der Waals surface area contributed by atoms with Gasteiger partial charge < -0.3 is 4.74 Å². The Balaban J connectivity index is 2.01. The monoisotopic (exact) mass is 281 g/mol. The lowest BCUT2D eigenvalue weighted by molar-refractivity contribution is -0.147. The largest absolute Gasteiger partial charge is 0.466 e. The van der Waals surface area contributed by atoms with Crippen LogP contribution in [0.2, 0.25) is 0 Å². The Morgan fingerprint density at radius 2 is 1.80 bits per heavy atom. The van der Waals surface area contributed by atoms with Crippen LogP contribution in [0.5, 0.6) is 0 Å². The van der Waals surface area contributed by atoms with Gasteiger partial charge in [0.05, 0.1) is 13.0 Å². The van der Waals surface area contributed by atoms with Crippen molar-refractivity contribution < 1.29 is 9.53 Å². The Bertz CT molecular complexity index is 306. The highest BCUT2D eigenvalue weighted by Crippen LogP contribution is 2.38. The molecule has 2 fully saturated rings. The van der Waals surface area contributed by atoms with Crippen LogP contribution < -0.4 is 0 Å². The predicted octanol–water partition coefficient (Wildman–Crippen LogP) is 3.76. The fourth-order valence-corrected chi connectivity index (χ4v) is 3.77. The van der Waals surface area contributed by atoms with Gasteiger partial charge in [0.15, 0.2) is 0 Å². The number of rotatable bonds is 6. The Morgan fingerprint density at radius 3 is 2.30 bits per heavy atom. The number of ether oxygens (including phenoxy) is 1. The number of hydrogen-bond acceptors (Lipinski definition) is 3. The van der Waals surface area contributed by atoms with Crippen molar-refractivity contribution in [3.63, 3.8) is 0 Å². The van der Waals surface area contributed by atoms with Gasteiger partial charge in [-0.1, -0.05) is 32.1 Å². The molecule has 0 aromatic carbocycles. The van der Waals surface area contributed by atoms with Crippen LogP contribution in [0.15, 0.2) is 0 Å². The fraction of sp³-hybridized carbons (Fsp3) is 0.941. The highest BCUT2D eigenvalue weighted by molar-refractivity contribution is 5.70. The summed E-state index contributed by atoms with van der Waals surface area (Å²) >= 11 is 0. The van der Waals surface area contributed by atoms with E-state index in [0.29, 0.717) is 13.0 Å². The van der Waals surface area contributed by atoms with Gasteiger partial charge in [-0.15, -0.1) is 0 Å². The van der Waals surface area contributed by atoms with E-state index in [9.17, 15) is 4.79 Å². The van der Waals surface area contributed by atoms with Crippen molar-refractivity contribution in [2.24, 2.45) is 5.92 Å². The molecule has 1 heterocycles. The van der Waals surface area contributed by atoms with Crippen molar-refractivity contribution in [3.8, 4) is 0 Å². The third kappa shape index (κ3) is 4.21. The number of carbonyl (C=O) groups is 1. The molecule has 0 spiro atoms. The Kier molecular flexibility index (Phi) is 5.88. The van der Waals surface area contributed by atoms with Crippen molar-refractivity contribution in [2.75, 3.05) is 19.7 Å².